The Morgan fingerprint density at radius 2 is 1.94 bits per heavy atom. The summed E-state index contributed by atoms with van der Waals surface area (Å²) < 4.78 is 5.20. The Bertz CT molecular complexity index is 689. The van der Waals surface area contributed by atoms with Gasteiger partial charge in [0.1, 0.15) is 11.4 Å². The van der Waals surface area contributed by atoms with Crippen molar-refractivity contribution in [2.24, 2.45) is 0 Å². The maximum absolute atomic E-state index is 9.79. The Balaban J connectivity index is 2.29. The number of hydrogen-bond donors (Lipinski definition) is 2. The first-order valence-corrected chi connectivity index (χ1v) is 5.19. The Labute approximate surface area is 97.3 Å². The summed E-state index contributed by atoms with van der Waals surface area (Å²) in [4.78, 5) is 0. The van der Waals surface area contributed by atoms with Gasteiger partial charge in [-0.3, -0.25) is 0 Å². The van der Waals surface area contributed by atoms with E-state index in [1.54, 1.807) is 30.3 Å². The van der Waals surface area contributed by atoms with Gasteiger partial charge >= 0.3 is 0 Å². The molecule has 0 fully saturated rings. The van der Waals surface area contributed by atoms with Crippen LogP contribution in [-0.2, 0) is 0 Å². The predicted molar refractivity (Wildman–Crippen MR) is 65.5 cm³/mol. The monoisotopic (exact) mass is 226 g/mol. The third-order valence-corrected chi connectivity index (χ3v) is 2.66. The van der Waals surface area contributed by atoms with Crippen molar-refractivity contribution in [2.45, 2.75) is 0 Å². The van der Waals surface area contributed by atoms with Gasteiger partial charge in [-0.2, -0.15) is 0 Å². The zero-order chi connectivity index (χ0) is 11.8. The molecule has 0 aliphatic rings. The number of hydrogen-bond acceptors (Lipinski definition) is 4. The van der Waals surface area contributed by atoms with E-state index in [-0.39, 0.29) is 5.75 Å². The van der Waals surface area contributed by atoms with Gasteiger partial charge in [-0.25, -0.2) is 0 Å². The zero-order valence-electron chi connectivity index (χ0n) is 8.92. The first-order chi connectivity index (χ1) is 8.25. The van der Waals surface area contributed by atoms with Crippen LogP contribution in [0.4, 0.5) is 5.69 Å². The fraction of sp³-hybridized carbons (Fsp3) is 0. The number of nitrogens with zero attached hydrogens (tertiary/aromatic N) is 1. The molecule has 1 aromatic heterocycles. The summed E-state index contributed by atoms with van der Waals surface area (Å²) in [5, 5.41) is 14.6. The molecule has 3 N–H and O–H groups in total. The summed E-state index contributed by atoms with van der Waals surface area (Å²) in [6.07, 6.45) is 0. The summed E-state index contributed by atoms with van der Waals surface area (Å²) in [7, 11) is 0. The average molecular weight is 226 g/mol. The fourth-order valence-corrected chi connectivity index (χ4v) is 1.82. The second kappa shape index (κ2) is 3.52. The highest BCUT2D eigenvalue weighted by Gasteiger charge is 2.13. The van der Waals surface area contributed by atoms with Crippen molar-refractivity contribution in [1.29, 1.82) is 0 Å². The Morgan fingerprint density at radius 1 is 1.12 bits per heavy atom. The van der Waals surface area contributed by atoms with Crippen LogP contribution in [0.1, 0.15) is 0 Å². The van der Waals surface area contributed by atoms with Crippen LogP contribution in [-0.4, -0.2) is 10.3 Å². The fourth-order valence-electron chi connectivity index (χ4n) is 1.82. The lowest BCUT2D eigenvalue weighted by Gasteiger charge is -1.99. The van der Waals surface area contributed by atoms with Crippen LogP contribution in [0.3, 0.4) is 0 Å². The van der Waals surface area contributed by atoms with E-state index in [0.29, 0.717) is 22.5 Å². The molecule has 1 heterocycles. The van der Waals surface area contributed by atoms with Gasteiger partial charge in [-0.15, -0.1) is 0 Å². The molecule has 3 rings (SSSR count). The summed E-state index contributed by atoms with van der Waals surface area (Å²) >= 11 is 0. The second-order valence-electron chi connectivity index (χ2n) is 3.80. The SMILES string of the molecule is Nc1ccc2c(-c3ccccc3O)noc2c1. The van der Waals surface area contributed by atoms with E-state index in [2.05, 4.69) is 5.16 Å². The molecule has 0 atom stereocenters. The molecule has 0 saturated carbocycles. The molecule has 0 spiro atoms. The molecular formula is C13H10N2O2. The molecule has 84 valence electrons. The van der Waals surface area contributed by atoms with Crippen LogP contribution in [0.25, 0.3) is 22.2 Å². The van der Waals surface area contributed by atoms with E-state index < -0.39 is 0 Å². The minimum absolute atomic E-state index is 0.180. The molecule has 2 aromatic carbocycles. The standard InChI is InChI=1S/C13H10N2O2/c14-8-5-6-10-12(7-8)17-15-13(10)9-3-1-2-4-11(9)16/h1-7,16H,14H2. The lowest BCUT2D eigenvalue weighted by atomic mass is 10.1. The molecule has 17 heavy (non-hydrogen) atoms. The molecule has 0 bridgehead atoms. The molecule has 0 aliphatic heterocycles. The number of phenolic OH excluding ortho intramolecular Hbond substituents is 1. The molecule has 0 unspecified atom stereocenters. The van der Waals surface area contributed by atoms with E-state index in [0.717, 1.165) is 5.39 Å². The van der Waals surface area contributed by atoms with Gasteiger partial charge in [0, 0.05) is 22.7 Å². The number of benzene rings is 2. The molecule has 0 saturated heterocycles. The smallest absolute Gasteiger partial charge is 0.169 e. The van der Waals surface area contributed by atoms with Crippen molar-refractivity contribution in [3.63, 3.8) is 0 Å². The van der Waals surface area contributed by atoms with Crippen LogP contribution in [0.15, 0.2) is 47.0 Å². The normalized spacial score (nSPS) is 10.8. The van der Waals surface area contributed by atoms with Gasteiger partial charge in [-0.1, -0.05) is 17.3 Å². The van der Waals surface area contributed by atoms with Gasteiger partial charge in [0.2, 0.25) is 0 Å². The van der Waals surface area contributed by atoms with Crippen molar-refractivity contribution in [2.75, 3.05) is 5.73 Å². The minimum Gasteiger partial charge on any atom is -0.507 e. The molecule has 4 nitrogen and oxygen atoms in total. The van der Waals surface area contributed by atoms with Crippen LogP contribution < -0.4 is 5.73 Å². The Kier molecular flexibility index (Phi) is 2.01. The number of nitrogens with two attached hydrogens (primary N) is 1. The van der Waals surface area contributed by atoms with Gasteiger partial charge in [-0.05, 0) is 24.3 Å². The maximum Gasteiger partial charge on any atom is 0.169 e. The summed E-state index contributed by atoms with van der Waals surface area (Å²) in [5.74, 6) is 0.180. The Morgan fingerprint density at radius 3 is 2.76 bits per heavy atom. The number of fused-ring (bicyclic) bond motifs is 1. The van der Waals surface area contributed by atoms with Crippen LogP contribution in [0.2, 0.25) is 0 Å². The van der Waals surface area contributed by atoms with Crippen molar-refractivity contribution in [3.8, 4) is 17.0 Å². The average Bonchev–Trinajstić information content (AvgIpc) is 2.72. The highest BCUT2D eigenvalue weighted by Crippen LogP contribution is 2.33. The first kappa shape index (κ1) is 9.72. The molecule has 3 aromatic rings. The van der Waals surface area contributed by atoms with Gasteiger partial charge in [0.05, 0.1) is 0 Å². The highest BCUT2D eigenvalue weighted by atomic mass is 16.5. The van der Waals surface area contributed by atoms with E-state index >= 15 is 0 Å². The van der Waals surface area contributed by atoms with Gasteiger partial charge < -0.3 is 15.4 Å². The largest absolute Gasteiger partial charge is 0.507 e. The quantitative estimate of drug-likeness (QED) is 0.626. The summed E-state index contributed by atoms with van der Waals surface area (Å²) in [5.41, 5.74) is 8.17. The lowest BCUT2D eigenvalue weighted by Crippen LogP contribution is -1.83. The van der Waals surface area contributed by atoms with Crippen LogP contribution >= 0.6 is 0 Å². The number of phenols is 1. The summed E-state index contributed by atoms with van der Waals surface area (Å²) in [6, 6.07) is 12.3. The molecule has 0 aliphatic carbocycles. The maximum atomic E-state index is 9.79. The molecular weight excluding hydrogens is 216 g/mol. The summed E-state index contributed by atoms with van der Waals surface area (Å²) in [6.45, 7) is 0. The number of nitrogen functional groups attached to an aromatic ring is 1. The topological polar surface area (TPSA) is 72.3 Å². The zero-order valence-corrected chi connectivity index (χ0v) is 8.92. The molecule has 0 amide bonds. The van der Waals surface area contributed by atoms with Crippen molar-refractivity contribution >= 4 is 16.7 Å². The van der Waals surface area contributed by atoms with Gasteiger partial charge in [0.25, 0.3) is 0 Å². The first-order valence-electron chi connectivity index (χ1n) is 5.19. The lowest BCUT2D eigenvalue weighted by molar-refractivity contribution is 0.455. The van der Waals surface area contributed by atoms with Crippen molar-refractivity contribution in [1.82, 2.24) is 5.16 Å². The Hall–Kier alpha value is -2.49. The van der Waals surface area contributed by atoms with E-state index in [9.17, 15) is 5.11 Å². The van der Waals surface area contributed by atoms with Gasteiger partial charge in [0.15, 0.2) is 5.58 Å². The van der Waals surface area contributed by atoms with Crippen LogP contribution in [0.5, 0.6) is 5.75 Å². The van der Waals surface area contributed by atoms with Crippen molar-refractivity contribution in [3.05, 3.63) is 42.5 Å². The number of anilines is 1. The third kappa shape index (κ3) is 1.50. The minimum atomic E-state index is 0.180. The molecule has 0 radical (unpaired) electrons. The van der Waals surface area contributed by atoms with E-state index in [1.807, 2.05) is 12.1 Å². The number of para-hydroxylation sites is 1. The third-order valence-electron chi connectivity index (χ3n) is 2.66. The number of rotatable bonds is 1. The number of aromatic hydroxyl groups is 1. The highest BCUT2D eigenvalue weighted by molar-refractivity contribution is 5.94. The van der Waals surface area contributed by atoms with Crippen molar-refractivity contribution < 1.29 is 9.63 Å². The van der Waals surface area contributed by atoms with E-state index in [4.69, 9.17) is 10.3 Å². The predicted octanol–water partition coefficient (Wildman–Crippen LogP) is 2.78. The van der Waals surface area contributed by atoms with Crippen LogP contribution in [0, 0.1) is 0 Å². The second-order valence-corrected chi connectivity index (χ2v) is 3.80. The van der Waals surface area contributed by atoms with E-state index in [1.165, 1.54) is 0 Å². The molecule has 4 heteroatoms. The number of aromatic nitrogens is 1.